The molecular weight excluding hydrogens is 363 g/mol. The molecule has 2 aromatic carbocycles. The number of carbonyl (C=O) groups is 1. The van der Waals surface area contributed by atoms with Crippen LogP contribution in [-0.2, 0) is 0 Å². The van der Waals surface area contributed by atoms with Crippen molar-refractivity contribution in [2.75, 3.05) is 11.1 Å². The van der Waals surface area contributed by atoms with Crippen molar-refractivity contribution in [3.05, 3.63) is 56.0 Å². The molecule has 0 aromatic heterocycles. The smallest absolute Gasteiger partial charge is 0.255 e. The fourth-order valence-corrected chi connectivity index (χ4v) is 2.37. The summed E-state index contributed by atoms with van der Waals surface area (Å²) in [7, 11) is 0. The lowest BCUT2D eigenvalue weighted by molar-refractivity contribution is 0.102. The van der Waals surface area contributed by atoms with Gasteiger partial charge in [-0.25, -0.2) is 0 Å². The van der Waals surface area contributed by atoms with Gasteiger partial charge in [-0.2, -0.15) is 0 Å². The number of aryl methyl sites for hydroxylation is 1. The molecule has 0 radical (unpaired) electrons. The lowest BCUT2D eigenvalue weighted by Gasteiger charge is -2.09. The summed E-state index contributed by atoms with van der Waals surface area (Å²) in [6.45, 7) is 1.94. The van der Waals surface area contributed by atoms with E-state index in [0.717, 1.165) is 10.0 Å². The van der Waals surface area contributed by atoms with E-state index in [1.165, 1.54) is 12.1 Å². The zero-order valence-electron chi connectivity index (χ0n) is 10.5. The fourth-order valence-electron chi connectivity index (χ4n) is 1.64. The van der Waals surface area contributed by atoms with Crippen molar-refractivity contribution in [1.29, 1.82) is 0 Å². The Balaban J connectivity index is 2.26. The van der Waals surface area contributed by atoms with E-state index in [4.69, 9.17) is 28.9 Å². The Morgan fingerprint density at radius 1 is 1.20 bits per heavy atom. The number of nitrogens with one attached hydrogen (secondary N) is 1. The molecule has 20 heavy (non-hydrogen) atoms. The number of hydrogen-bond acceptors (Lipinski definition) is 2. The van der Waals surface area contributed by atoms with Crippen LogP contribution in [0.5, 0.6) is 0 Å². The molecule has 0 aliphatic rings. The Morgan fingerprint density at radius 3 is 2.35 bits per heavy atom. The molecular formula is C14H11BrCl2N2O. The van der Waals surface area contributed by atoms with Crippen molar-refractivity contribution in [2.24, 2.45) is 0 Å². The summed E-state index contributed by atoms with van der Waals surface area (Å²) in [6.07, 6.45) is 0. The Bertz CT molecular complexity index is 666. The highest BCUT2D eigenvalue weighted by Crippen LogP contribution is 2.29. The largest absolute Gasteiger partial charge is 0.396 e. The molecule has 3 N–H and O–H groups in total. The van der Waals surface area contributed by atoms with Crippen molar-refractivity contribution in [3.8, 4) is 0 Å². The first kappa shape index (κ1) is 15.2. The molecule has 0 saturated carbocycles. The van der Waals surface area contributed by atoms with Gasteiger partial charge < -0.3 is 11.1 Å². The van der Waals surface area contributed by atoms with Crippen LogP contribution in [0.1, 0.15) is 15.9 Å². The van der Waals surface area contributed by atoms with E-state index in [0.29, 0.717) is 11.3 Å². The van der Waals surface area contributed by atoms with Gasteiger partial charge in [0.05, 0.1) is 15.7 Å². The maximum Gasteiger partial charge on any atom is 0.255 e. The average molecular weight is 374 g/mol. The van der Waals surface area contributed by atoms with Crippen molar-refractivity contribution >= 4 is 56.4 Å². The van der Waals surface area contributed by atoms with Gasteiger partial charge in [-0.3, -0.25) is 4.79 Å². The van der Waals surface area contributed by atoms with Gasteiger partial charge in [0.15, 0.2) is 0 Å². The fraction of sp³-hybridized carbons (Fsp3) is 0.0714. The maximum atomic E-state index is 12.1. The molecule has 0 heterocycles. The van der Waals surface area contributed by atoms with E-state index in [1.54, 1.807) is 6.07 Å². The monoisotopic (exact) mass is 372 g/mol. The molecule has 0 atom stereocenters. The molecule has 1 amide bonds. The highest BCUT2D eigenvalue weighted by atomic mass is 79.9. The molecule has 3 nitrogen and oxygen atoms in total. The van der Waals surface area contributed by atoms with Crippen LogP contribution in [0.25, 0.3) is 0 Å². The molecule has 0 aliphatic heterocycles. The van der Waals surface area contributed by atoms with Crippen LogP contribution >= 0.6 is 39.1 Å². The molecule has 0 saturated heterocycles. The molecule has 0 fully saturated rings. The van der Waals surface area contributed by atoms with Crippen molar-refractivity contribution in [2.45, 2.75) is 6.92 Å². The van der Waals surface area contributed by atoms with Crippen LogP contribution in [0.2, 0.25) is 10.0 Å². The van der Waals surface area contributed by atoms with Gasteiger partial charge in [0, 0.05) is 15.7 Å². The number of nitrogen functional groups attached to an aromatic ring is 1. The lowest BCUT2D eigenvalue weighted by Crippen LogP contribution is -2.12. The standard InChI is InChI=1S/C14H11BrCl2N2O/c1-7-4-9(2-3-10(7)15)19-14(20)8-5-11(16)13(18)12(17)6-8/h2-6H,18H2,1H3,(H,19,20). The number of benzene rings is 2. The third-order valence-electron chi connectivity index (χ3n) is 2.76. The number of nitrogens with two attached hydrogens (primary N) is 1. The van der Waals surface area contributed by atoms with Crippen molar-refractivity contribution in [3.63, 3.8) is 0 Å². The Labute approximate surface area is 135 Å². The SMILES string of the molecule is Cc1cc(NC(=O)c2cc(Cl)c(N)c(Cl)c2)ccc1Br. The minimum Gasteiger partial charge on any atom is -0.396 e. The van der Waals surface area contributed by atoms with E-state index in [-0.39, 0.29) is 21.6 Å². The molecule has 0 aliphatic carbocycles. The van der Waals surface area contributed by atoms with Crippen LogP contribution in [0, 0.1) is 6.92 Å². The maximum absolute atomic E-state index is 12.1. The average Bonchev–Trinajstić information content (AvgIpc) is 2.39. The molecule has 0 spiro atoms. The third-order valence-corrected chi connectivity index (χ3v) is 4.27. The van der Waals surface area contributed by atoms with Crippen molar-refractivity contribution in [1.82, 2.24) is 0 Å². The normalized spacial score (nSPS) is 10.4. The van der Waals surface area contributed by atoms with Gasteiger partial charge in [-0.1, -0.05) is 39.1 Å². The summed E-state index contributed by atoms with van der Waals surface area (Å²) in [5.74, 6) is -0.296. The van der Waals surface area contributed by atoms with Gasteiger partial charge in [-0.05, 0) is 42.8 Å². The summed E-state index contributed by atoms with van der Waals surface area (Å²) in [5, 5.41) is 3.30. The minimum atomic E-state index is -0.296. The summed E-state index contributed by atoms with van der Waals surface area (Å²) in [5.41, 5.74) is 7.98. The van der Waals surface area contributed by atoms with E-state index in [2.05, 4.69) is 21.2 Å². The Morgan fingerprint density at radius 2 is 1.80 bits per heavy atom. The highest BCUT2D eigenvalue weighted by Gasteiger charge is 2.11. The molecule has 0 bridgehead atoms. The van der Waals surface area contributed by atoms with Crippen LogP contribution in [-0.4, -0.2) is 5.91 Å². The number of rotatable bonds is 2. The summed E-state index contributed by atoms with van der Waals surface area (Å²) in [4.78, 5) is 12.1. The van der Waals surface area contributed by atoms with Crippen LogP contribution in [0.3, 0.4) is 0 Å². The first-order valence-corrected chi connectivity index (χ1v) is 7.25. The van der Waals surface area contributed by atoms with Crippen molar-refractivity contribution < 1.29 is 4.79 Å². The van der Waals surface area contributed by atoms with E-state index < -0.39 is 0 Å². The van der Waals surface area contributed by atoms with Gasteiger partial charge in [0.25, 0.3) is 5.91 Å². The number of anilines is 2. The van der Waals surface area contributed by atoms with E-state index in [1.807, 2.05) is 19.1 Å². The summed E-state index contributed by atoms with van der Waals surface area (Å²) in [6, 6.07) is 8.51. The molecule has 0 unspecified atom stereocenters. The number of hydrogen-bond donors (Lipinski definition) is 2. The second-order valence-electron chi connectivity index (χ2n) is 4.27. The zero-order valence-corrected chi connectivity index (χ0v) is 13.6. The van der Waals surface area contributed by atoms with Crippen LogP contribution < -0.4 is 11.1 Å². The zero-order chi connectivity index (χ0) is 14.9. The number of amides is 1. The number of carbonyl (C=O) groups excluding carboxylic acids is 1. The summed E-state index contributed by atoms with van der Waals surface area (Å²) < 4.78 is 0.981. The molecule has 6 heteroatoms. The van der Waals surface area contributed by atoms with Gasteiger partial charge >= 0.3 is 0 Å². The first-order valence-electron chi connectivity index (χ1n) is 5.70. The first-order chi connectivity index (χ1) is 9.38. The van der Waals surface area contributed by atoms with Gasteiger partial charge in [-0.15, -0.1) is 0 Å². The second-order valence-corrected chi connectivity index (χ2v) is 5.94. The van der Waals surface area contributed by atoms with Gasteiger partial charge in [0.2, 0.25) is 0 Å². The predicted molar refractivity (Wildman–Crippen MR) is 87.7 cm³/mol. The third kappa shape index (κ3) is 3.26. The van der Waals surface area contributed by atoms with Crippen LogP contribution in [0.4, 0.5) is 11.4 Å². The van der Waals surface area contributed by atoms with E-state index >= 15 is 0 Å². The summed E-state index contributed by atoms with van der Waals surface area (Å²) >= 11 is 15.2. The Kier molecular flexibility index (Phi) is 4.58. The molecule has 104 valence electrons. The number of halogens is 3. The molecule has 2 aromatic rings. The predicted octanol–water partition coefficient (Wildman–Crippen LogP) is 4.90. The lowest BCUT2D eigenvalue weighted by atomic mass is 10.1. The topological polar surface area (TPSA) is 55.1 Å². The quantitative estimate of drug-likeness (QED) is 0.735. The minimum absolute atomic E-state index is 0.259. The molecule has 2 rings (SSSR count). The highest BCUT2D eigenvalue weighted by molar-refractivity contribution is 9.10. The van der Waals surface area contributed by atoms with E-state index in [9.17, 15) is 4.79 Å². The Hall–Kier alpha value is -1.23. The second kappa shape index (κ2) is 6.04. The van der Waals surface area contributed by atoms with Crippen LogP contribution in [0.15, 0.2) is 34.8 Å². The van der Waals surface area contributed by atoms with Gasteiger partial charge in [0.1, 0.15) is 0 Å².